The van der Waals surface area contributed by atoms with Gasteiger partial charge in [-0.1, -0.05) is 26.0 Å². The summed E-state index contributed by atoms with van der Waals surface area (Å²) in [6, 6.07) is 16.4. The summed E-state index contributed by atoms with van der Waals surface area (Å²) in [6.07, 6.45) is 14.0. The van der Waals surface area contributed by atoms with Gasteiger partial charge < -0.3 is 24.1 Å². The highest BCUT2D eigenvalue weighted by molar-refractivity contribution is 6.23. The van der Waals surface area contributed by atoms with Crippen molar-refractivity contribution >= 4 is 51.3 Å². The van der Waals surface area contributed by atoms with Gasteiger partial charge in [0.25, 0.3) is 11.8 Å². The van der Waals surface area contributed by atoms with E-state index in [2.05, 4.69) is 69.5 Å². The van der Waals surface area contributed by atoms with Crippen LogP contribution in [0.3, 0.4) is 0 Å². The highest BCUT2D eigenvalue weighted by atomic mass is 16.5. The first-order valence-electron chi connectivity index (χ1n) is 21.6. The molecule has 0 spiro atoms. The van der Waals surface area contributed by atoms with E-state index in [1.54, 1.807) is 13.1 Å². The zero-order valence-corrected chi connectivity index (χ0v) is 35.8. The lowest BCUT2D eigenvalue weighted by molar-refractivity contribution is -0.136. The molecule has 0 radical (unpaired) electrons. The number of carbonyl (C=O) groups is 5. The zero-order chi connectivity index (χ0) is 43.6. The van der Waals surface area contributed by atoms with Crippen LogP contribution in [0.4, 0.5) is 0 Å². The quantitative estimate of drug-likeness (QED) is 0.0915. The number of pyridine rings is 2. The third-order valence-electron chi connectivity index (χ3n) is 12.9. The molecule has 9 rings (SSSR count). The van der Waals surface area contributed by atoms with Crippen LogP contribution in [-0.4, -0.2) is 88.0 Å². The molecule has 326 valence electrons. The summed E-state index contributed by atoms with van der Waals surface area (Å²) in [6.45, 7) is 5.82. The predicted octanol–water partition coefficient (Wildman–Crippen LogP) is 7.17. The first-order valence-corrected chi connectivity index (χ1v) is 21.6. The van der Waals surface area contributed by atoms with Gasteiger partial charge in [-0.15, -0.1) is 0 Å². The second kappa shape index (κ2) is 17.7. The van der Waals surface area contributed by atoms with Gasteiger partial charge in [0.1, 0.15) is 17.9 Å². The van der Waals surface area contributed by atoms with E-state index in [4.69, 9.17) is 14.2 Å². The van der Waals surface area contributed by atoms with Crippen molar-refractivity contribution in [2.45, 2.75) is 90.2 Å². The molecule has 2 saturated carbocycles. The van der Waals surface area contributed by atoms with Crippen LogP contribution in [0.5, 0.6) is 11.6 Å². The number of hydrogen-bond donors (Lipinski definition) is 2. The van der Waals surface area contributed by atoms with Crippen LogP contribution in [0.2, 0.25) is 0 Å². The monoisotopic (exact) mass is 844 g/mol. The largest absolute Gasteiger partial charge is 0.494 e. The first kappa shape index (κ1) is 42.5. The molecular weight excluding hydrogens is 789 g/mol. The number of amides is 5. The number of aryl methyl sites for hydroxylation is 1. The molecule has 3 atom stereocenters. The van der Waals surface area contributed by atoms with Crippen LogP contribution < -0.4 is 20.1 Å². The number of ether oxygens (including phenoxy) is 3. The average molecular weight is 845 g/mol. The molecule has 2 N–H and O–H groups in total. The normalized spacial score (nSPS) is 22.3. The second-order valence-corrected chi connectivity index (χ2v) is 17.6. The molecule has 5 amide bonds. The van der Waals surface area contributed by atoms with Crippen molar-refractivity contribution in [3.63, 3.8) is 0 Å². The first-order chi connectivity index (χ1) is 29.9. The molecule has 3 unspecified atom stereocenters. The highest BCUT2D eigenvalue weighted by Crippen LogP contribution is 2.49. The number of piperidine rings is 1. The summed E-state index contributed by atoms with van der Waals surface area (Å²) in [5, 5.41) is 7.37. The lowest BCUT2D eigenvalue weighted by Crippen LogP contribution is -2.54. The summed E-state index contributed by atoms with van der Waals surface area (Å²) in [7, 11) is 3.78. The van der Waals surface area contributed by atoms with Gasteiger partial charge in [0.05, 0.1) is 29.9 Å². The van der Waals surface area contributed by atoms with Gasteiger partial charge >= 0.3 is 0 Å². The Balaban J connectivity index is 0.000000199. The number of carbonyl (C=O) groups excluding carboxylic acids is 5. The highest BCUT2D eigenvalue weighted by Gasteiger charge is 2.47. The van der Waals surface area contributed by atoms with Crippen LogP contribution in [0.15, 0.2) is 73.2 Å². The standard InChI is InChI=1S/C27H35N3O7.C21H19N3O.H2/c1-26(10-11-27(2,15-26)25(35)28-3)16-36-12-4-5-13-37-17-6-7-18-19(14-17)24(34)30(23(18)33)20-8-9-21(31)29-22(20)32;1-24-19-9-10-22-13-18(19)17-7-5-14(11-20(17)24)15-6-8-21(23-12-15)25-16-3-2-4-16;/h6-7,14,20H,4-5,8-13,15-16H2,1-3H3,(H,28,35)(H,29,31,32);5-13,16H,2-4H2,1H3;1H. The third kappa shape index (κ3) is 8.65. The molecule has 14 heteroatoms. The minimum Gasteiger partial charge on any atom is -0.494 e. The maximum atomic E-state index is 12.9. The van der Waals surface area contributed by atoms with Crippen molar-refractivity contribution in [3.05, 3.63) is 84.3 Å². The van der Waals surface area contributed by atoms with Gasteiger partial charge in [-0.05, 0) is 105 Å². The van der Waals surface area contributed by atoms with Crippen LogP contribution in [-0.2, 0) is 26.2 Å². The number of imide groups is 2. The van der Waals surface area contributed by atoms with Crippen LogP contribution in [0.25, 0.3) is 32.9 Å². The van der Waals surface area contributed by atoms with E-state index in [9.17, 15) is 24.0 Å². The fraction of sp³-hybridized carbons (Fsp3) is 0.438. The second-order valence-electron chi connectivity index (χ2n) is 17.6. The Bertz CT molecular complexity index is 2540. The number of nitrogens with zero attached hydrogens (tertiary/aromatic N) is 4. The molecule has 62 heavy (non-hydrogen) atoms. The Labute approximate surface area is 362 Å². The molecule has 2 aromatic carbocycles. The molecule has 2 aliphatic heterocycles. The van der Waals surface area contributed by atoms with Crippen molar-refractivity contribution in [3.8, 4) is 22.8 Å². The smallest absolute Gasteiger partial charge is 0.262 e. The number of aromatic nitrogens is 3. The van der Waals surface area contributed by atoms with E-state index in [1.165, 1.54) is 40.4 Å². The van der Waals surface area contributed by atoms with Gasteiger partial charge in [0.2, 0.25) is 23.6 Å². The summed E-state index contributed by atoms with van der Waals surface area (Å²) in [5.74, 6) is -0.841. The third-order valence-corrected chi connectivity index (χ3v) is 12.9. The van der Waals surface area contributed by atoms with E-state index >= 15 is 0 Å². The molecule has 4 aliphatic rings. The van der Waals surface area contributed by atoms with Gasteiger partial charge in [-0.3, -0.25) is 39.2 Å². The van der Waals surface area contributed by atoms with E-state index in [0.717, 1.165) is 66.9 Å². The molecular formula is C48H56N6O8. The van der Waals surface area contributed by atoms with E-state index in [0.29, 0.717) is 31.7 Å². The Morgan fingerprint density at radius 1 is 0.887 bits per heavy atom. The van der Waals surface area contributed by atoms with Crippen molar-refractivity contribution in [2.24, 2.45) is 17.9 Å². The fourth-order valence-corrected chi connectivity index (χ4v) is 9.18. The van der Waals surface area contributed by atoms with E-state index in [1.807, 2.05) is 31.6 Å². The Hall–Kier alpha value is -6.15. The van der Waals surface area contributed by atoms with Gasteiger partial charge in [-0.25, -0.2) is 4.98 Å². The van der Waals surface area contributed by atoms with Gasteiger partial charge in [0.15, 0.2) is 0 Å². The summed E-state index contributed by atoms with van der Waals surface area (Å²) in [4.78, 5) is 71.1. The van der Waals surface area contributed by atoms with Crippen LogP contribution in [0, 0.1) is 10.8 Å². The van der Waals surface area contributed by atoms with Crippen molar-refractivity contribution in [2.75, 3.05) is 26.9 Å². The van der Waals surface area contributed by atoms with Crippen molar-refractivity contribution in [1.29, 1.82) is 0 Å². The Kier molecular flexibility index (Phi) is 12.1. The number of nitrogens with one attached hydrogen (secondary N) is 2. The molecule has 5 aromatic rings. The van der Waals surface area contributed by atoms with E-state index < -0.39 is 29.7 Å². The molecule has 14 nitrogen and oxygen atoms in total. The minimum absolute atomic E-state index is 0. The lowest BCUT2D eigenvalue weighted by atomic mass is 9.82. The molecule has 5 heterocycles. The number of fused-ring (bicyclic) bond motifs is 4. The minimum atomic E-state index is -0.987. The number of rotatable bonds is 13. The van der Waals surface area contributed by atoms with Gasteiger partial charge in [0, 0.05) is 80.5 Å². The number of unbranched alkanes of at least 4 members (excludes halogenated alkanes) is 1. The Morgan fingerprint density at radius 2 is 1.68 bits per heavy atom. The fourth-order valence-electron chi connectivity index (χ4n) is 9.18. The summed E-state index contributed by atoms with van der Waals surface area (Å²) < 4.78 is 19.8. The zero-order valence-electron chi connectivity index (χ0n) is 35.8. The topological polar surface area (TPSA) is 171 Å². The predicted molar refractivity (Wildman–Crippen MR) is 235 cm³/mol. The number of hydrogen-bond acceptors (Lipinski definition) is 10. The maximum Gasteiger partial charge on any atom is 0.262 e. The SMILES string of the molecule is CNC(=O)C1(C)CCC(C)(COCCCCOc2ccc3c(c2)C(=O)N(C2CCC(=O)NC2=O)C3=O)C1.Cn1c2ccncc2c2ccc(-c3ccc(OC4CCC4)nc3)cc21.[HH]. The molecule has 1 saturated heterocycles. The van der Waals surface area contributed by atoms with Gasteiger partial charge in [-0.2, -0.15) is 0 Å². The Morgan fingerprint density at radius 3 is 2.42 bits per heavy atom. The van der Waals surface area contributed by atoms with E-state index in [-0.39, 0.29) is 42.1 Å². The van der Waals surface area contributed by atoms with Crippen molar-refractivity contribution < 1.29 is 39.6 Å². The molecule has 3 aromatic heterocycles. The summed E-state index contributed by atoms with van der Waals surface area (Å²) >= 11 is 0. The maximum absolute atomic E-state index is 12.9. The van der Waals surface area contributed by atoms with Crippen molar-refractivity contribution in [1.82, 2.24) is 30.1 Å². The number of benzene rings is 2. The lowest BCUT2D eigenvalue weighted by Gasteiger charge is -2.27. The molecule has 3 fully saturated rings. The molecule has 2 aliphatic carbocycles. The van der Waals surface area contributed by atoms with Crippen LogP contribution >= 0.6 is 0 Å². The van der Waals surface area contributed by atoms with Crippen LogP contribution in [0.1, 0.15) is 100 Å². The summed E-state index contributed by atoms with van der Waals surface area (Å²) in [5.41, 5.74) is 4.75. The average Bonchev–Trinajstić information content (AvgIpc) is 3.83. The molecule has 0 bridgehead atoms.